The average Bonchev–Trinajstić information content (AvgIpc) is 3.08. The Morgan fingerprint density at radius 1 is 1.29 bits per heavy atom. The van der Waals surface area contributed by atoms with Gasteiger partial charge in [-0.2, -0.15) is 0 Å². The zero-order valence-electron chi connectivity index (χ0n) is 14.2. The lowest BCUT2D eigenvalue weighted by molar-refractivity contribution is -0.134. The van der Waals surface area contributed by atoms with E-state index in [-0.39, 0.29) is 17.7 Å². The summed E-state index contributed by atoms with van der Waals surface area (Å²) in [4.78, 5) is 17.0. The molecule has 128 valence electrons. The third-order valence-corrected chi connectivity index (χ3v) is 5.26. The van der Waals surface area contributed by atoms with E-state index in [2.05, 4.69) is 10.1 Å². The van der Waals surface area contributed by atoms with Crippen LogP contribution in [-0.2, 0) is 11.3 Å². The maximum Gasteiger partial charge on any atom is 0.226 e. The fourth-order valence-corrected chi connectivity index (χ4v) is 3.60. The molecule has 24 heavy (non-hydrogen) atoms. The normalized spacial score (nSPS) is 24.3. The van der Waals surface area contributed by atoms with Crippen molar-refractivity contribution in [1.82, 2.24) is 15.0 Å². The van der Waals surface area contributed by atoms with Crippen molar-refractivity contribution in [3.05, 3.63) is 41.2 Å². The van der Waals surface area contributed by atoms with E-state index in [1.54, 1.807) is 6.26 Å². The van der Waals surface area contributed by atoms with E-state index >= 15 is 0 Å². The second-order valence-electron chi connectivity index (χ2n) is 6.87. The van der Waals surface area contributed by atoms with Crippen LogP contribution in [-0.4, -0.2) is 47.0 Å². The molecule has 0 aromatic carbocycles. The highest BCUT2D eigenvalue weighted by molar-refractivity contribution is 5.83. The average molecular weight is 329 g/mol. The highest BCUT2D eigenvalue weighted by Gasteiger charge is 2.47. The van der Waals surface area contributed by atoms with Crippen LogP contribution in [0.3, 0.4) is 0 Å². The van der Waals surface area contributed by atoms with E-state index in [9.17, 15) is 4.79 Å². The second kappa shape index (κ2) is 6.09. The van der Waals surface area contributed by atoms with Gasteiger partial charge in [-0.1, -0.05) is 5.16 Å². The molecule has 2 aromatic heterocycles. The molecule has 1 saturated heterocycles. The maximum atomic E-state index is 12.6. The number of carbonyl (C=O) groups excluding carboxylic acids is 1. The first kappa shape index (κ1) is 15.4. The Kier molecular flexibility index (Phi) is 3.92. The van der Waals surface area contributed by atoms with E-state index in [4.69, 9.17) is 8.94 Å². The van der Waals surface area contributed by atoms with Crippen molar-refractivity contribution in [1.29, 1.82) is 0 Å². The van der Waals surface area contributed by atoms with E-state index in [1.165, 1.54) is 5.56 Å². The molecule has 0 N–H and O–H groups in total. The number of nitrogens with zero attached hydrogens (tertiary/aromatic N) is 3. The van der Waals surface area contributed by atoms with Crippen molar-refractivity contribution in [3.8, 4) is 0 Å². The van der Waals surface area contributed by atoms with Crippen molar-refractivity contribution in [3.63, 3.8) is 0 Å². The molecule has 3 heterocycles. The largest absolute Gasteiger partial charge is 0.469 e. The summed E-state index contributed by atoms with van der Waals surface area (Å²) in [6.45, 7) is 8.17. The minimum Gasteiger partial charge on any atom is -0.469 e. The van der Waals surface area contributed by atoms with Gasteiger partial charge in [0.1, 0.15) is 11.5 Å². The van der Waals surface area contributed by atoms with Crippen molar-refractivity contribution < 1.29 is 13.7 Å². The van der Waals surface area contributed by atoms with Gasteiger partial charge in [-0.25, -0.2) is 0 Å². The topological polar surface area (TPSA) is 62.7 Å². The molecule has 2 aromatic rings. The van der Waals surface area contributed by atoms with E-state index in [0.717, 1.165) is 56.4 Å². The highest BCUT2D eigenvalue weighted by atomic mass is 16.5. The molecule has 1 amide bonds. The Hall–Kier alpha value is -2.08. The summed E-state index contributed by atoms with van der Waals surface area (Å²) in [7, 11) is 0. The lowest BCUT2D eigenvalue weighted by Crippen LogP contribution is -2.48. The molecular formula is C18H23N3O3. The molecule has 0 unspecified atom stereocenters. The zero-order chi connectivity index (χ0) is 16.7. The van der Waals surface area contributed by atoms with E-state index in [1.807, 2.05) is 30.9 Å². The molecular weight excluding hydrogens is 306 g/mol. The summed E-state index contributed by atoms with van der Waals surface area (Å²) in [5.41, 5.74) is 2.14. The molecule has 1 aliphatic heterocycles. The summed E-state index contributed by atoms with van der Waals surface area (Å²) in [5, 5.41) is 4.01. The van der Waals surface area contributed by atoms with Crippen molar-refractivity contribution in [2.45, 2.75) is 32.7 Å². The molecule has 2 aliphatic rings. The summed E-state index contributed by atoms with van der Waals surface area (Å²) in [5.74, 6) is 2.53. The molecule has 0 radical (unpaired) electrons. The first-order chi connectivity index (χ1) is 11.6. The maximum absolute atomic E-state index is 12.6. The van der Waals surface area contributed by atoms with Crippen LogP contribution in [0.15, 0.2) is 27.3 Å². The number of hydrogen-bond acceptors (Lipinski definition) is 5. The van der Waals surface area contributed by atoms with Gasteiger partial charge >= 0.3 is 0 Å². The van der Waals surface area contributed by atoms with Crippen LogP contribution in [0, 0.1) is 19.8 Å². The van der Waals surface area contributed by atoms with E-state index in [0.29, 0.717) is 0 Å². The Balaban J connectivity index is 1.30. The molecule has 4 rings (SSSR count). The van der Waals surface area contributed by atoms with Crippen LogP contribution in [0.5, 0.6) is 0 Å². The highest BCUT2D eigenvalue weighted by Crippen LogP contribution is 2.48. The van der Waals surface area contributed by atoms with Crippen LogP contribution in [0.1, 0.15) is 35.1 Å². The number of amides is 1. The summed E-state index contributed by atoms with van der Waals surface area (Å²) >= 11 is 0. The van der Waals surface area contributed by atoms with Gasteiger partial charge in [0.05, 0.1) is 12.0 Å². The lowest BCUT2D eigenvalue weighted by atomic mass is 10.1. The first-order valence-corrected chi connectivity index (χ1v) is 8.60. The van der Waals surface area contributed by atoms with Gasteiger partial charge in [-0.3, -0.25) is 9.69 Å². The minimum atomic E-state index is 0.116. The van der Waals surface area contributed by atoms with E-state index < -0.39 is 0 Å². The van der Waals surface area contributed by atoms with Gasteiger partial charge in [0.2, 0.25) is 5.91 Å². The molecule has 0 spiro atoms. The number of aryl methyl sites for hydroxylation is 2. The van der Waals surface area contributed by atoms with Crippen LogP contribution < -0.4 is 0 Å². The molecule has 2 fully saturated rings. The van der Waals surface area contributed by atoms with Gasteiger partial charge in [0.25, 0.3) is 0 Å². The molecule has 1 aliphatic carbocycles. The monoisotopic (exact) mass is 329 g/mol. The predicted octanol–water partition coefficient (Wildman–Crippen LogP) is 2.33. The summed E-state index contributed by atoms with van der Waals surface area (Å²) in [6.07, 6.45) is 2.61. The molecule has 0 bridgehead atoms. The zero-order valence-corrected chi connectivity index (χ0v) is 14.2. The number of hydrogen-bond donors (Lipinski definition) is 0. The van der Waals surface area contributed by atoms with Crippen LogP contribution in [0.4, 0.5) is 0 Å². The number of carbonyl (C=O) groups is 1. The lowest BCUT2D eigenvalue weighted by Gasteiger charge is -2.34. The van der Waals surface area contributed by atoms with Gasteiger partial charge in [0, 0.05) is 50.1 Å². The standard InChI is InChI=1S/C18H23N3O3/c1-12-16(13(2)24-19-12)11-20-5-7-21(8-6-20)18(22)15-10-14(15)17-4-3-9-23-17/h3-4,9,14-15H,5-8,10-11H2,1-2H3/t14-,15+/m1/s1. The van der Waals surface area contributed by atoms with Crippen LogP contribution >= 0.6 is 0 Å². The summed E-state index contributed by atoms with van der Waals surface area (Å²) < 4.78 is 10.7. The fraction of sp³-hybridized carbons (Fsp3) is 0.556. The summed E-state index contributed by atoms with van der Waals surface area (Å²) in [6, 6.07) is 3.86. The first-order valence-electron chi connectivity index (χ1n) is 8.60. The van der Waals surface area contributed by atoms with Crippen LogP contribution in [0.25, 0.3) is 0 Å². The Morgan fingerprint density at radius 3 is 2.71 bits per heavy atom. The SMILES string of the molecule is Cc1noc(C)c1CN1CCN(C(=O)[C@H]2C[C@H]2c2ccco2)CC1. The molecule has 2 atom stereocenters. The third kappa shape index (κ3) is 2.86. The smallest absolute Gasteiger partial charge is 0.226 e. The Labute approximate surface area is 141 Å². The Bertz CT molecular complexity index is 694. The number of rotatable bonds is 4. The third-order valence-electron chi connectivity index (χ3n) is 5.26. The van der Waals surface area contributed by atoms with Crippen molar-refractivity contribution in [2.75, 3.05) is 26.2 Å². The van der Waals surface area contributed by atoms with Gasteiger partial charge in [-0.05, 0) is 32.4 Å². The van der Waals surface area contributed by atoms with Crippen molar-refractivity contribution in [2.24, 2.45) is 5.92 Å². The molecule has 1 saturated carbocycles. The minimum absolute atomic E-state index is 0.116. The van der Waals surface area contributed by atoms with Crippen LogP contribution in [0.2, 0.25) is 0 Å². The number of furan rings is 1. The predicted molar refractivity (Wildman–Crippen MR) is 87.4 cm³/mol. The second-order valence-corrected chi connectivity index (χ2v) is 6.87. The fourth-order valence-electron chi connectivity index (χ4n) is 3.60. The Morgan fingerprint density at radius 2 is 2.08 bits per heavy atom. The van der Waals surface area contributed by atoms with Gasteiger partial charge < -0.3 is 13.8 Å². The quantitative estimate of drug-likeness (QED) is 0.861. The van der Waals surface area contributed by atoms with Gasteiger partial charge in [0.15, 0.2) is 0 Å². The number of piperazine rings is 1. The van der Waals surface area contributed by atoms with Crippen molar-refractivity contribution >= 4 is 5.91 Å². The molecule has 6 nitrogen and oxygen atoms in total. The van der Waals surface area contributed by atoms with Gasteiger partial charge in [-0.15, -0.1) is 0 Å². The number of aromatic nitrogens is 1. The molecule has 6 heteroatoms.